The zero-order valence-corrected chi connectivity index (χ0v) is 7.29. The number of phenolic OH excluding ortho intramolecular Hbond substituents is 1. The van der Waals surface area contributed by atoms with E-state index >= 15 is 0 Å². The van der Waals surface area contributed by atoms with E-state index in [1.54, 1.807) is 13.0 Å². The molecule has 3 nitrogen and oxygen atoms in total. The molecule has 0 amide bonds. The lowest BCUT2D eigenvalue weighted by Crippen LogP contribution is -1.97. The first-order valence-corrected chi connectivity index (χ1v) is 3.87. The molecule has 3 heteroatoms. The Morgan fingerprint density at radius 2 is 2.17 bits per heavy atom. The van der Waals surface area contributed by atoms with Crippen molar-refractivity contribution in [3.05, 3.63) is 17.7 Å². The van der Waals surface area contributed by atoms with E-state index < -0.39 is 0 Å². The minimum atomic E-state index is 0.205. The Kier molecular flexibility index (Phi) is 2.43. The van der Waals surface area contributed by atoms with Crippen LogP contribution in [0.5, 0.6) is 11.5 Å². The van der Waals surface area contributed by atoms with Gasteiger partial charge < -0.3 is 15.6 Å². The Hall–Kier alpha value is -1.38. The first-order valence-electron chi connectivity index (χ1n) is 3.87. The predicted molar refractivity (Wildman–Crippen MR) is 48.4 cm³/mol. The van der Waals surface area contributed by atoms with Crippen molar-refractivity contribution in [2.24, 2.45) is 0 Å². The normalized spacial score (nSPS) is 9.83. The van der Waals surface area contributed by atoms with Gasteiger partial charge in [-0.3, -0.25) is 0 Å². The monoisotopic (exact) mass is 167 g/mol. The molecule has 0 aliphatic rings. The Bertz CT molecular complexity index is 284. The summed E-state index contributed by atoms with van der Waals surface area (Å²) in [6, 6.07) is 3.23. The lowest BCUT2D eigenvalue weighted by Gasteiger charge is -2.08. The Labute approximate surface area is 71.8 Å². The minimum Gasteiger partial charge on any atom is -0.508 e. The van der Waals surface area contributed by atoms with Crippen molar-refractivity contribution in [3.63, 3.8) is 0 Å². The summed E-state index contributed by atoms with van der Waals surface area (Å²) in [6.07, 6.45) is 0. The van der Waals surface area contributed by atoms with Gasteiger partial charge in [-0.1, -0.05) is 0 Å². The Balaban J connectivity index is 3.05. The zero-order chi connectivity index (χ0) is 9.14. The minimum absolute atomic E-state index is 0.205. The van der Waals surface area contributed by atoms with E-state index in [1.165, 1.54) is 6.07 Å². The first-order chi connectivity index (χ1) is 5.65. The van der Waals surface area contributed by atoms with Crippen molar-refractivity contribution in [2.45, 2.75) is 13.8 Å². The van der Waals surface area contributed by atoms with Crippen LogP contribution in [0, 0.1) is 6.92 Å². The molecule has 0 radical (unpaired) electrons. The van der Waals surface area contributed by atoms with Crippen LogP contribution in [0.4, 0.5) is 5.69 Å². The van der Waals surface area contributed by atoms with Crippen LogP contribution in [0.1, 0.15) is 12.5 Å². The molecule has 0 spiro atoms. The van der Waals surface area contributed by atoms with Gasteiger partial charge in [-0.15, -0.1) is 0 Å². The second-order valence-corrected chi connectivity index (χ2v) is 2.61. The molecule has 1 aromatic carbocycles. The SMILES string of the molecule is CCOc1cc(C)c(O)cc1N. The van der Waals surface area contributed by atoms with Crippen molar-refractivity contribution in [1.82, 2.24) is 0 Å². The second kappa shape index (κ2) is 3.34. The average molecular weight is 167 g/mol. The van der Waals surface area contributed by atoms with E-state index in [4.69, 9.17) is 10.5 Å². The van der Waals surface area contributed by atoms with Crippen LogP contribution >= 0.6 is 0 Å². The highest BCUT2D eigenvalue weighted by Gasteiger charge is 2.03. The summed E-state index contributed by atoms with van der Waals surface area (Å²) < 4.78 is 5.24. The lowest BCUT2D eigenvalue weighted by atomic mass is 10.2. The Morgan fingerprint density at radius 1 is 1.50 bits per heavy atom. The number of aromatic hydroxyl groups is 1. The van der Waals surface area contributed by atoms with Crippen LogP contribution in [-0.2, 0) is 0 Å². The molecule has 1 aromatic rings. The fraction of sp³-hybridized carbons (Fsp3) is 0.333. The summed E-state index contributed by atoms with van der Waals surface area (Å²) in [5.74, 6) is 0.837. The largest absolute Gasteiger partial charge is 0.508 e. The van der Waals surface area contributed by atoms with Crippen LogP contribution in [0.3, 0.4) is 0 Å². The molecule has 0 fully saturated rings. The van der Waals surface area contributed by atoms with Crippen molar-refractivity contribution < 1.29 is 9.84 Å². The maximum atomic E-state index is 9.26. The third-order valence-electron chi connectivity index (χ3n) is 1.63. The van der Waals surface area contributed by atoms with Gasteiger partial charge >= 0.3 is 0 Å². The number of anilines is 1. The molecule has 3 N–H and O–H groups in total. The standard InChI is InChI=1S/C9H13NO2/c1-3-12-9-4-6(2)8(11)5-7(9)10/h4-5,11H,3,10H2,1-2H3. The van der Waals surface area contributed by atoms with Gasteiger partial charge in [-0.05, 0) is 25.5 Å². The zero-order valence-electron chi connectivity index (χ0n) is 7.29. The fourth-order valence-electron chi connectivity index (χ4n) is 0.967. The van der Waals surface area contributed by atoms with E-state index in [2.05, 4.69) is 0 Å². The maximum Gasteiger partial charge on any atom is 0.142 e. The number of hydrogen-bond acceptors (Lipinski definition) is 3. The molecule has 0 aromatic heterocycles. The molecule has 0 aliphatic carbocycles. The summed E-state index contributed by atoms with van der Waals surface area (Å²) in [5.41, 5.74) is 6.83. The molecule has 0 saturated carbocycles. The van der Waals surface area contributed by atoms with Gasteiger partial charge in [0.25, 0.3) is 0 Å². The number of benzene rings is 1. The van der Waals surface area contributed by atoms with Crippen molar-refractivity contribution in [2.75, 3.05) is 12.3 Å². The first kappa shape index (κ1) is 8.71. The topological polar surface area (TPSA) is 55.5 Å². The average Bonchev–Trinajstić information content (AvgIpc) is 2.01. The van der Waals surface area contributed by atoms with Crippen LogP contribution in [0.15, 0.2) is 12.1 Å². The van der Waals surface area contributed by atoms with E-state index in [9.17, 15) is 5.11 Å². The van der Waals surface area contributed by atoms with Gasteiger partial charge in [0.05, 0.1) is 12.3 Å². The molecule has 12 heavy (non-hydrogen) atoms. The van der Waals surface area contributed by atoms with Crippen molar-refractivity contribution in [3.8, 4) is 11.5 Å². The highest BCUT2D eigenvalue weighted by molar-refractivity contribution is 5.58. The summed E-state index contributed by atoms with van der Waals surface area (Å²) >= 11 is 0. The lowest BCUT2D eigenvalue weighted by molar-refractivity contribution is 0.341. The van der Waals surface area contributed by atoms with E-state index in [1.807, 2.05) is 6.92 Å². The number of ether oxygens (including phenoxy) is 1. The Morgan fingerprint density at radius 3 is 2.75 bits per heavy atom. The number of aryl methyl sites for hydroxylation is 1. The van der Waals surface area contributed by atoms with E-state index in [-0.39, 0.29) is 5.75 Å². The summed E-state index contributed by atoms with van der Waals surface area (Å²) in [6.45, 7) is 4.27. The molecule has 0 atom stereocenters. The number of hydrogen-bond donors (Lipinski definition) is 2. The summed E-state index contributed by atoms with van der Waals surface area (Å²) in [5, 5.41) is 9.26. The van der Waals surface area contributed by atoms with Gasteiger partial charge in [-0.25, -0.2) is 0 Å². The molecular formula is C9H13NO2. The van der Waals surface area contributed by atoms with Crippen LogP contribution in [0.25, 0.3) is 0 Å². The second-order valence-electron chi connectivity index (χ2n) is 2.61. The fourth-order valence-corrected chi connectivity index (χ4v) is 0.967. The molecule has 66 valence electrons. The third-order valence-corrected chi connectivity index (χ3v) is 1.63. The summed E-state index contributed by atoms with van der Waals surface area (Å²) in [7, 11) is 0. The molecule has 0 heterocycles. The van der Waals surface area contributed by atoms with Crippen LogP contribution in [-0.4, -0.2) is 11.7 Å². The smallest absolute Gasteiger partial charge is 0.142 e. The number of nitrogens with two attached hydrogens (primary N) is 1. The van der Waals surface area contributed by atoms with Gasteiger partial charge in [0, 0.05) is 6.07 Å². The quantitative estimate of drug-likeness (QED) is 0.659. The highest BCUT2D eigenvalue weighted by Crippen LogP contribution is 2.29. The molecule has 0 saturated heterocycles. The molecule has 0 aliphatic heterocycles. The molecule has 0 bridgehead atoms. The third kappa shape index (κ3) is 1.61. The maximum absolute atomic E-state index is 9.26. The van der Waals surface area contributed by atoms with Gasteiger partial charge in [0.2, 0.25) is 0 Å². The number of nitrogen functional groups attached to an aromatic ring is 1. The predicted octanol–water partition coefficient (Wildman–Crippen LogP) is 1.68. The van der Waals surface area contributed by atoms with E-state index in [0.717, 1.165) is 5.56 Å². The summed E-state index contributed by atoms with van der Waals surface area (Å²) in [4.78, 5) is 0. The van der Waals surface area contributed by atoms with Crippen LogP contribution in [0.2, 0.25) is 0 Å². The molecular weight excluding hydrogens is 154 g/mol. The van der Waals surface area contributed by atoms with Crippen LogP contribution < -0.4 is 10.5 Å². The van der Waals surface area contributed by atoms with Crippen molar-refractivity contribution >= 4 is 5.69 Å². The van der Waals surface area contributed by atoms with Gasteiger partial charge in [-0.2, -0.15) is 0 Å². The van der Waals surface area contributed by atoms with Crippen molar-refractivity contribution in [1.29, 1.82) is 0 Å². The highest BCUT2D eigenvalue weighted by atomic mass is 16.5. The molecule has 1 rings (SSSR count). The van der Waals surface area contributed by atoms with Gasteiger partial charge in [0.15, 0.2) is 0 Å². The van der Waals surface area contributed by atoms with E-state index in [0.29, 0.717) is 18.0 Å². The number of rotatable bonds is 2. The molecule has 0 unspecified atom stereocenters. The van der Waals surface area contributed by atoms with Gasteiger partial charge in [0.1, 0.15) is 11.5 Å². The number of phenols is 1.